The summed E-state index contributed by atoms with van der Waals surface area (Å²) in [5, 5.41) is 16.7. The Balaban J connectivity index is 0.779. The van der Waals surface area contributed by atoms with Crippen LogP contribution in [0.5, 0.6) is 17.4 Å². The predicted molar refractivity (Wildman–Crippen MR) is 296 cm³/mol. The minimum Gasteiger partial charge on any atom is -0.491 e. The number of carbonyl (C=O) groups excluding carboxylic acids is 1. The van der Waals surface area contributed by atoms with Gasteiger partial charge in [-0.25, -0.2) is 13.1 Å². The molecule has 3 N–H and O–H groups in total. The summed E-state index contributed by atoms with van der Waals surface area (Å²) in [4.78, 5) is 44.4. The van der Waals surface area contributed by atoms with E-state index in [1.165, 1.54) is 18.1 Å². The first-order valence-electron chi connectivity index (χ1n) is 28.5. The standard InChI is InChI=1S/C58H71N9O11S/c1-36(2)77-51-8-4-3-7-43(51)50-32-64(40-6-5-22-74-33-40)20-21-65(50)41-30-58(31-41)15-18-63(19-16-58)39-9-10-44(47(27-39)66-46-14-25-75-35-53(46)78-57-49(66)26-38-11-17-59-55(38)61-57)56(68)62-79(71,72)42-28-48(67(69)70)54-52(29-42)76-34-45(60-54)37-12-23-73-24-13-37/h3-4,7-11,17,26-29,36-37,40-41,45-46,50,53,60H,5-6,12-16,18-25,30-35H2,1-2H3,(H,59,61)(H,62,68)/t40-,45-,46-,50-,53-/m0/s1. The van der Waals surface area contributed by atoms with Crippen molar-refractivity contribution in [1.29, 1.82) is 0 Å². The van der Waals surface area contributed by atoms with Gasteiger partial charge >= 0.3 is 0 Å². The van der Waals surface area contributed by atoms with Crippen LogP contribution in [-0.4, -0.2) is 154 Å². The molecule has 9 heterocycles. The highest BCUT2D eigenvalue weighted by molar-refractivity contribution is 7.90. The van der Waals surface area contributed by atoms with Crippen LogP contribution in [0.2, 0.25) is 0 Å². The van der Waals surface area contributed by atoms with Crippen LogP contribution >= 0.6 is 0 Å². The Morgan fingerprint density at radius 1 is 0.886 bits per heavy atom. The number of fused-ring (bicyclic) bond motifs is 4. The lowest BCUT2D eigenvalue weighted by Crippen LogP contribution is -2.61. The molecule has 21 heteroatoms. The molecule has 13 rings (SSSR count). The monoisotopic (exact) mass is 1100 g/mol. The number of nitro benzene ring substituents is 1. The van der Waals surface area contributed by atoms with Gasteiger partial charge < -0.3 is 48.5 Å². The Hall–Kier alpha value is -6.23. The van der Waals surface area contributed by atoms with Crippen molar-refractivity contribution in [1.82, 2.24) is 24.5 Å². The molecule has 20 nitrogen and oxygen atoms in total. The maximum atomic E-state index is 14.9. The molecular formula is C58H71N9O11S. The summed E-state index contributed by atoms with van der Waals surface area (Å²) < 4.78 is 67.7. The van der Waals surface area contributed by atoms with Crippen molar-refractivity contribution in [3.8, 4) is 17.4 Å². The number of aromatic nitrogens is 2. The highest BCUT2D eigenvalue weighted by Crippen LogP contribution is 2.54. The van der Waals surface area contributed by atoms with Gasteiger partial charge in [0.05, 0.1) is 58.5 Å². The van der Waals surface area contributed by atoms with E-state index in [2.05, 4.69) is 72.7 Å². The number of hydrogen-bond donors (Lipinski definition) is 3. The number of nitrogens with zero attached hydrogens (tertiary/aromatic N) is 6. The van der Waals surface area contributed by atoms with Gasteiger partial charge in [0.1, 0.15) is 29.8 Å². The van der Waals surface area contributed by atoms with Crippen molar-refractivity contribution in [2.24, 2.45) is 11.3 Å². The molecule has 7 aliphatic heterocycles. The summed E-state index contributed by atoms with van der Waals surface area (Å²) in [5.41, 5.74) is 3.90. The third-order valence-corrected chi connectivity index (χ3v) is 19.5. The first kappa shape index (κ1) is 52.2. The predicted octanol–water partition coefficient (Wildman–Crippen LogP) is 7.95. The van der Waals surface area contributed by atoms with Crippen LogP contribution in [0, 0.1) is 21.4 Å². The van der Waals surface area contributed by atoms with E-state index in [1.54, 1.807) is 6.07 Å². The van der Waals surface area contributed by atoms with E-state index >= 15 is 0 Å². The van der Waals surface area contributed by atoms with E-state index in [-0.39, 0.29) is 59.2 Å². The third kappa shape index (κ3) is 10.1. The van der Waals surface area contributed by atoms with Gasteiger partial charge in [-0.2, -0.15) is 4.98 Å². The number of nitro groups is 1. The quantitative estimate of drug-likeness (QED) is 0.0798. The number of piperidine rings is 1. The second kappa shape index (κ2) is 21.3. The first-order chi connectivity index (χ1) is 38.4. The van der Waals surface area contributed by atoms with Crippen LogP contribution in [0.3, 0.4) is 0 Å². The molecule has 0 bridgehead atoms. The van der Waals surface area contributed by atoms with Gasteiger partial charge in [-0.3, -0.25) is 24.7 Å². The van der Waals surface area contributed by atoms with Gasteiger partial charge in [-0.1, -0.05) is 18.2 Å². The maximum Gasteiger partial charge on any atom is 0.297 e. The van der Waals surface area contributed by atoms with Gasteiger partial charge in [-0.15, -0.1) is 0 Å². The first-order valence-corrected chi connectivity index (χ1v) is 30.0. The van der Waals surface area contributed by atoms with Gasteiger partial charge in [0.2, 0.25) is 5.88 Å². The van der Waals surface area contributed by atoms with E-state index in [1.807, 2.05) is 30.5 Å². The SMILES string of the molecule is CC(C)Oc1ccccc1[C@@H]1CN([C@H]2CCCOC2)CCN1C1CC2(CCN(c3ccc(C(=O)NS(=O)(=O)c4cc5c(c([N+](=O)[O-])c4)N[C@H](C4CCOCC4)CO5)c(N4c5cc6cc[nH]c6nc5O[C@H]5COCC[C@@H]54)c3)CC2)C1. The fraction of sp³-hybridized carbons (Fsp3) is 0.552. The molecule has 3 aromatic carbocycles. The van der Waals surface area contributed by atoms with Crippen molar-refractivity contribution >= 4 is 55.4 Å². The molecule has 79 heavy (non-hydrogen) atoms. The van der Waals surface area contributed by atoms with Gasteiger partial charge in [0.15, 0.2) is 11.4 Å². The van der Waals surface area contributed by atoms with Crippen LogP contribution in [-0.2, 0) is 24.2 Å². The van der Waals surface area contributed by atoms with E-state index in [4.69, 9.17) is 33.4 Å². The van der Waals surface area contributed by atoms with Crippen molar-refractivity contribution in [2.45, 2.75) is 119 Å². The summed E-state index contributed by atoms with van der Waals surface area (Å²) in [6.07, 6.45) is 10.1. The summed E-state index contributed by atoms with van der Waals surface area (Å²) in [6, 6.07) is 20.9. The van der Waals surface area contributed by atoms with Crippen molar-refractivity contribution in [3.05, 3.63) is 94.2 Å². The van der Waals surface area contributed by atoms with Crippen molar-refractivity contribution in [2.75, 3.05) is 94.1 Å². The van der Waals surface area contributed by atoms with E-state index in [0.29, 0.717) is 67.8 Å². The van der Waals surface area contributed by atoms with E-state index in [0.717, 1.165) is 114 Å². The Bertz CT molecular complexity index is 3200. The number of hydrogen-bond acceptors (Lipinski definition) is 17. The molecule has 5 atom stereocenters. The molecule has 1 amide bonds. The molecule has 5 saturated heterocycles. The Kier molecular flexibility index (Phi) is 14.1. The Morgan fingerprint density at radius 2 is 1.70 bits per heavy atom. The zero-order valence-corrected chi connectivity index (χ0v) is 45.8. The lowest BCUT2D eigenvalue weighted by Gasteiger charge is -2.58. The highest BCUT2D eigenvalue weighted by Gasteiger charge is 2.51. The number of carbonyl (C=O) groups is 1. The molecule has 8 aliphatic rings. The van der Waals surface area contributed by atoms with Crippen molar-refractivity contribution < 1.29 is 46.6 Å². The fourth-order valence-electron chi connectivity index (χ4n) is 14.0. The third-order valence-electron chi connectivity index (χ3n) is 18.2. The number of anilines is 4. The molecule has 420 valence electrons. The molecule has 1 saturated carbocycles. The lowest BCUT2D eigenvalue weighted by atomic mass is 9.59. The minimum absolute atomic E-state index is 0.0287. The molecule has 0 unspecified atom stereocenters. The molecule has 2 aromatic heterocycles. The van der Waals surface area contributed by atoms with Crippen LogP contribution in [0.4, 0.5) is 28.4 Å². The Labute approximate surface area is 460 Å². The second-order valence-electron chi connectivity index (χ2n) is 23.3. The average Bonchev–Trinajstić information content (AvgIpc) is 4.13. The summed E-state index contributed by atoms with van der Waals surface area (Å²) in [7, 11) is -4.71. The van der Waals surface area contributed by atoms with Crippen LogP contribution in [0.15, 0.2) is 77.8 Å². The van der Waals surface area contributed by atoms with Gasteiger partial charge in [0.25, 0.3) is 21.6 Å². The molecule has 1 aliphatic carbocycles. The number of pyridine rings is 1. The average molecular weight is 1100 g/mol. The maximum absolute atomic E-state index is 14.9. The van der Waals surface area contributed by atoms with Crippen molar-refractivity contribution in [3.63, 3.8) is 0 Å². The number of sulfonamides is 1. The number of ether oxygens (including phenoxy) is 6. The van der Waals surface area contributed by atoms with Gasteiger partial charge in [-0.05, 0) is 119 Å². The summed E-state index contributed by atoms with van der Waals surface area (Å²) in [5.74, 6) is 0.633. The topological polar surface area (TPSA) is 215 Å². The Morgan fingerprint density at radius 3 is 2.49 bits per heavy atom. The summed E-state index contributed by atoms with van der Waals surface area (Å²) in [6.45, 7) is 12.5. The number of benzene rings is 3. The van der Waals surface area contributed by atoms with Crippen LogP contribution in [0.25, 0.3) is 11.0 Å². The smallest absolute Gasteiger partial charge is 0.297 e. The number of H-pyrrole nitrogens is 1. The number of aromatic amines is 1. The zero-order valence-electron chi connectivity index (χ0n) is 45.0. The van der Waals surface area contributed by atoms with Crippen LogP contribution in [0.1, 0.15) is 93.6 Å². The largest absolute Gasteiger partial charge is 0.491 e. The zero-order chi connectivity index (χ0) is 54.0. The van der Waals surface area contributed by atoms with E-state index < -0.39 is 37.5 Å². The molecule has 6 fully saturated rings. The number of piperazine rings is 1. The number of para-hydroxylation sites is 1. The number of amides is 1. The number of rotatable bonds is 12. The molecular weight excluding hydrogens is 1030 g/mol. The van der Waals surface area contributed by atoms with Gasteiger partial charge in [0, 0.05) is 106 Å². The number of nitrogens with one attached hydrogen (secondary N) is 3. The molecule has 5 aromatic rings. The normalized spacial score (nSPS) is 25.8. The van der Waals surface area contributed by atoms with Crippen LogP contribution < -0.4 is 34.0 Å². The lowest BCUT2D eigenvalue weighted by molar-refractivity contribution is -0.384. The molecule has 1 spiro atoms. The van der Waals surface area contributed by atoms with E-state index in [9.17, 15) is 23.3 Å². The fourth-order valence-corrected chi connectivity index (χ4v) is 15.0. The molecule has 0 radical (unpaired) electrons. The summed E-state index contributed by atoms with van der Waals surface area (Å²) >= 11 is 0. The second-order valence-corrected chi connectivity index (χ2v) is 25.0. The highest BCUT2D eigenvalue weighted by atomic mass is 32.2. The minimum atomic E-state index is -4.71.